The van der Waals surface area contributed by atoms with Gasteiger partial charge in [0.05, 0.1) is 6.61 Å². The predicted octanol–water partition coefficient (Wildman–Crippen LogP) is 2.12. The van der Waals surface area contributed by atoms with Crippen LogP contribution in [0.4, 0.5) is 0 Å². The van der Waals surface area contributed by atoms with Crippen LogP contribution >= 0.6 is 0 Å². The van der Waals surface area contributed by atoms with E-state index in [-0.39, 0.29) is 5.97 Å². The van der Waals surface area contributed by atoms with Crippen LogP contribution in [0, 0.1) is 0 Å². The number of hydrogen-bond donors (Lipinski definition) is 1. The summed E-state index contributed by atoms with van der Waals surface area (Å²) in [5.74, 6) is 0.512. The zero-order chi connectivity index (χ0) is 13.2. The summed E-state index contributed by atoms with van der Waals surface area (Å²) in [6, 6.07) is 9.60. The summed E-state index contributed by atoms with van der Waals surface area (Å²) in [7, 11) is 0. The molecule has 1 N–H and O–H groups in total. The van der Waals surface area contributed by atoms with Crippen molar-refractivity contribution < 1.29 is 14.3 Å². The van der Waals surface area contributed by atoms with Crippen molar-refractivity contribution in [2.24, 2.45) is 0 Å². The van der Waals surface area contributed by atoms with Gasteiger partial charge in [-0.25, -0.2) is 4.79 Å². The molecule has 0 atom stereocenters. The Morgan fingerprint density at radius 2 is 2.06 bits per heavy atom. The van der Waals surface area contributed by atoms with Crippen LogP contribution < -0.4 is 10.1 Å². The monoisotopic (exact) mass is 249 g/mol. The highest BCUT2D eigenvalue weighted by Gasteiger charge is 1.97. The molecule has 0 amide bonds. The molecule has 0 saturated heterocycles. The number of rotatable bonds is 7. The SMILES string of the molecule is CCOC(=O)C=C(C)NCCOc1ccccc1. The predicted molar refractivity (Wildman–Crippen MR) is 70.3 cm³/mol. The van der Waals surface area contributed by atoms with Crippen molar-refractivity contribution in [3.05, 3.63) is 42.1 Å². The van der Waals surface area contributed by atoms with E-state index in [1.165, 1.54) is 6.08 Å². The summed E-state index contributed by atoms with van der Waals surface area (Å²) in [5, 5.41) is 3.08. The van der Waals surface area contributed by atoms with E-state index in [1.807, 2.05) is 37.3 Å². The normalized spacial score (nSPS) is 10.9. The molecule has 98 valence electrons. The van der Waals surface area contributed by atoms with Gasteiger partial charge < -0.3 is 14.8 Å². The molecule has 0 saturated carbocycles. The molecule has 1 aromatic rings. The second-order valence-corrected chi connectivity index (χ2v) is 3.67. The molecule has 0 unspecified atom stereocenters. The lowest BCUT2D eigenvalue weighted by Gasteiger charge is -2.08. The van der Waals surface area contributed by atoms with Crippen molar-refractivity contribution in [1.29, 1.82) is 0 Å². The maximum atomic E-state index is 11.1. The van der Waals surface area contributed by atoms with Crippen LogP contribution in [0.2, 0.25) is 0 Å². The average Bonchev–Trinajstić information content (AvgIpc) is 2.36. The number of hydrogen-bond acceptors (Lipinski definition) is 4. The van der Waals surface area contributed by atoms with E-state index in [1.54, 1.807) is 6.92 Å². The highest BCUT2D eigenvalue weighted by molar-refractivity contribution is 5.82. The van der Waals surface area contributed by atoms with Gasteiger partial charge in [-0.2, -0.15) is 0 Å². The molecule has 0 bridgehead atoms. The minimum Gasteiger partial charge on any atom is -0.492 e. The fourth-order valence-corrected chi connectivity index (χ4v) is 1.35. The van der Waals surface area contributed by atoms with E-state index in [0.717, 1.165) is 11.4 Å². The number of benzene rings is 1. The number of carbonyl (C=O) groups is 1. The molecular weight excluding hydrogens is 230 g/mol. The first-order valence-corrected chi connectivity index (χ1v) is 5.99. The van der Waals surface area contributed by atoms with Gasteiger partial charge in [-0.15, -0.1) is 0 Å². The molecule has 0 radical (unpaired) electrons. The molecule has 0 spiro atoms. The third-order valence-corrected chi connectivity index (χ3v) is 2.14. The van der Waals surface area contributed by atoms with Crippen LogP contribution in [0.3, 0.4) is 0 Å². The fourth-order valence-electron chi connectivity index (χ4n) is 1.35. The summed E-state index contributed by atoms with van der Waals surface area (Å²) in [6.45, 7) is 5.16. The minimum atomic E-state index is -0.327. The fraction of sp³-hybridized carbons (Fsp3) is 0.357. The molecule has 0 aliphatic heterocycles. The zero-order valence-electron chi connectivity index (χ0n) is 10.8. The number of allylic oxidation sites excluding steroid dienone is 1. The van der Waals surface area contributed by atoms with E-state index < -0.39 is 0 Å². The van der Waals surface area contributed by atoms with Crippen LogP contribution in [0.1, 0.15) is 13.8 Å². The molecule has 0 aliphatic rings. The Hall–Kier alpha value is -1.97. The lowest BCUT2D eigenvalue weighted by molar-refractivity contribution is -0.137. The zero-order valence-corrected chi connectivity index (χ0v) is 10.8. The first-order valence-electron chi connectivity index (χ1n) is 5.99. The summed E-state index contributed by atoms with van der Waals surface area (Å²) in [6.07, 6.45) is 1.44. The quantitative estimate of drug-likeness (QED) is 0.457. The van der Waals surface area contributed by atoms with Gasteiger partial charge in [0.2, 0.25) is 0 Å². The van der Waals surface area contributed by atoms with Gasteiger partial charge in [0.1, 0.15) is 12.4 Å². The van der Waals surface area contributed by atoms with Gasteiger partial charge >= 0.3 is 5.97 Å². The molecule has 4 heteroatoms. The average molecular weight is 249 g/mol. The van der Waals surface area contributed by atoms with E-state index in [4.69, 9.17) is 9.47 Å². The molecule has 1 rings (SSSR count). The molecule has 0 fully saturated rings. The Morgan fingerprint density at radius 1 is 1.33 bits per heavy atom. The first-order chi connectivity index (χ1) is 8.72. The third kappa shape index (κ3) is 5.94. The Labute approximate surface area is 108 Å². The molecule has 18 heavy (non-hydrogen) atoms. The van der Waals surface area contributed by atoms with Crippen molar-refractivity contribution in [2.45, 2.75) is 13.8 Å². The summed E-state index contributed by atoms with van der Waals surface area (Å²) in [4.78, 5) is 11.1. The van der Waals surface area contributed by atoms with Gasteiger partial charge in [0.15, 0.2) is 0 Å². The molecule has 1 aromatic carbocycles. The van der Waals surface area contributed by atoms with Crippen LogP contribution in [0.5, 0.6) is 5.75 Å². The lowest BCUT2D eigenvalue weighted by atomic mass is 10.3. The molecule has 0 aliphatic carbocycles. The molecule has 4 nitrogen and oxygen atoms in total. The maximum Gasteiger partial charge on any atom is 0.332 e. The van der Waals surface area contributed by atoms with Crippen molar-refractivity contribution >= 4 is 5.97 Å². The summed E-state index contributed by atoms with van der Waals surface area (Å²) >= 11 is 0. The largest absolute Gasteiger partial charge is 0.492 e. The summed E-state index contributed by atoms with van der Waals surface area (Å²) < 4.78 is 10.3. The lowest BCUT2D eigenvalue weighted by Crippen LogP contribution is -2.20. The maximum absolute atomic E-state index is 11.1. The highest BCUT2D eigenvalue weighted by Crippen LogP contribution is 2.07. The summed E-state index contributed by atoms with van der Waals surface area (Å²) in [5.41, 5.74) is 0.769. The Bertz CT molecular complexity index is 387. The van der Waals surface area contributed by atoms with Crippen molar-refractivity contribution in [3.8, 4) is 5.75 Å². The van der Waals surface area contributed by atoms with Gasteiger partial charge in [-0.1, -0.05) is 18.2 Å². The van der Waals surface area contributed by atoms with E-state index in [9.17, 15) is 4.79 Å². The number of para-hydroxylation sites is 1. The second kappa shape index (κ2) is 8.17. The van der Waals surface area contributed by atoms with Gasteiger partial charge in [0, 0.05) is 18.3 Å². The van der Waals surface area contributed by atoms with Crippen molar-refractivity contribution in [2.75, 3.05) is 19.8 Å². The molecular formula is C14H19NO3. The van der Waals surface area contributed by atoms with E-state index in [0.29, 0.717) is 19.8 Å². The molecule has 0 aromatic heterocycles. The number of carbonyl (C=O) groups excluding carboxylic acids is 1. The Balaban J connectivity index is 2.19. The number of nitrogens with one attached hydrogen (secondary N) is 1. The standard InChI is InChI=1S/C14H19NO3/c1-3-17-14(16)11-12(2)15-9-10-18-13-7-5-4-6-8-13/h4-8,11,15H,3,9-10H2,1-2H3. The first kappa shape index (κ1) is 14.1. The van der Waals surface area contributed by atoms with Gasteiger partial charge in [0.25, 0.3) is 0 Å². The Kier molecular flexibility index (Phi) is 6.40. The van der Waals surface area contributed by atoms with Crippen molar-refractivity contribution in [3.63, 3.8) is 0 Å². The second-order valence-electron chi connectivity index (χ2n) is 3.67. The number of esters is 1. The van der Waals surface area contributed by atoms with Crippen molar-refractivity contribution in [1.82, 2.24) is 5.32 Å². The van der Waals surface area contributed by atoms with E-state index >= 15 is 0 Å². The van der Waals surface area contributed by atoms with Crippen LogP contribution in [-0.4, -0.2) is 25.7 Å². The topological polar surface area (TPSA) is 47.6 Å². The van der Waals surface area contributed by atoms with E-state index in [2.05, 4.69) is 5.32 Å². The smallest absolute Gasteiger partial charge is 0.332 e. The molecule has 0 heterocycles. The van der Waals surface area contributed by atoms with Crippen LogP contribution in [-0.2, 0) is 9.53 Å². The highest BCUT2D eigenvalue weighted by atomic mass is 16.5. The van der Waals surface area contributed by atoms with Crippen LogP contribution in [0.25, 0.3) is 0 Å². The third-order valence-electron chi connectivity index (χ3n) is 2.14. The van der Waals surface area contributed by atoms with Crippen LogP contribution in [0.15, 0.2) is 42.1 Å². The van der Waals surface area contributed by atoms with Gasteiger partial charge in [-0.05, 0) is 26.0 Å². The van der Waals surface area contributed by atoms with Gasteiger partial charge in [-0.3, -0.25) is 0 Å². The number of ether oxygens (including phenoxy) is 2. The Morgan fingerprint density at radius 3 is 2.72 bits per heavy atom. The minimum absolute atomic E-state index is 0.327.